The molecule has 4 nitrogen and oxygen atoms in total. The van der Waals surface area contributed by atoms with Gasteiger partial charge in [-0.2, -0.15) is 0 Å². The van der Waals surface area contributed by atoms with Crippen molar-refractivity contribution in [3.05, 3.63) is 24.3 Å². The van der Waals surface area contributed by atoms with Crippen LogP contribution in [0.2, 0.25) is 0 Å². The Morgan fingerprint density at radius 3 is 1.17 bits per heavy atom. The van der Waals surface area contributed by atoms with Gasteiger partial charge in [0, 0.05) is 6.42 Å². The van der Waals surface area contributed by atoms with Crippen molar-refractivity contribution in [2.24, 2.45) is 0 Å². The van der Waals surface area contributed by atoms with Crippen LogP contribution in [0.5, 0.6) is 0 Å². The lowest BCUT2D eigenvalue weighted by atomic mass is 10.0. The molecule has 0 aliphatic carbocycles. The van der Waals surface area contributed by atoms with E-state index in [0.717, 1.165) is 25.7 Å². The van der Waals surface area contributed by atoms with Crippen molar-refractivity contribution in [1.82, 2.24) is 5.32 Å². The number of amides is 1. The first-order valence-electron chi connectivity index (χ1n) is 21.1. The number of rotatable bonds is 38. The van der Waals surface area contributed by atoms with Gasteiger partial charge in [0.1, 0.15) is 0 Å². The van der Waals surface area contributed by atoms with Crippen molar-refractivity contribution in [1.29, 1.82) is 0 Å². The molecule has 1 amide bonds. The third kappa shape index (κ3) is 36.0. The molecule has 0 aromatic rings. The Bertz CT molecular complexity index is 676. The van der Waals surface area contributed by atoms with E-state index in [9.17, 15) is 15.0 Å². The van der Waals surface area contributed by atoms with Crippen LogP contribution in [0.3, 0.4) is 0 Å². The number of nitrogens with one attached hydrogen (secondary N) is 1. The Morgan fingerprint density at radius 1 is 0.489 bits per heavy atom. The van der Waals surface area contributed by atoms with Crippen LogP contribution in [0, 0.1) is 0 Å². The van der Waals surface area contributed by atoms with E-state index in [1.165, 1.54) is 180 Å². The Labute approximate surface area is 294 Å². The zero-order valence-corrected chi connectivity index (χ0v) is 31.8. The molecule has 2 atom stereocenters. The lowest BCUT2D eigenvalue weighted by Gasteiger charge is -2.20. The van der Waals surface area contributed by atoms with Crippen molar-refractivity contribution in [2.45, 2.75) is 238 Å². The van der Waals surface area contributed by atoms with Gasteiger partial charge in [0.25, 0.3) is 0 Å². The van der Waals surface area contributed by atoms with Crippen LogP contribution >= 0.6 is 0 Å². The fourth-order valence-electron chi connectivity index (χ4n) is 6.41. The summed E-state index contributed by atoms with van der Waals surface area (Å²) in [6.45, 7) is 4.31. The van der Waals surface area contributed by atoms with Crippen LogP contribution in [0.4, 0.5) is 0 Å². The molecule has 0 aliphatic heterocycles. The maximum atomic E-state index is 12.4. The van der Waals surface area contributed by atoms with Crippen molar-refractivity contribution in [2.75, 3.05) is 6.61 Å². The summed E-state index contributed by atoms with van der Waals surface area (Å²) in [4.78, 5) is 12.4. The summed E-state index contributed by atoms with van der Waals surface area (Å²) in [5.74, 6) is -0.0653. The number of unbranched alkanes of at least 4 members (excludes halogenated alkanes) is 29. The fourth-order valence-corrected chi connectivity index (χ4v) is 6.41. The molecule has 0 aromatic carbocycles. The molecule has 0 radical (unpaired) electrons. The molecule has 4 heteroatoms. The van der Waals surface area contributed by atoms with E-state index in [1.807, 2.05) is 6.08 Å². The first-order valence-corrected chi connectivity index (χ1v) is 21.1. The third-order valence-electron chi connectivity index (χ3n) is 9.68. The van der Waals surface area contributed by atoms with E-state index in [1.54, 1.807) is 6.08 Å². The van der Waals surface area contributed by atoms with E-state index < -0.39 is 12.1 Å². The lowest BCUT2D eigenvalue weighted by molar-refractivity contribution is -0.123. The van der Waals surface area contributed by atoms with E-state index in [2.05, 4.69) is 31.3 Å². The molecule has 0 heterocycles. The molecule has 0 saturated heterocycles. The van der Waals surface area contributed by atoms with Crippen LogP contribution in [0.15, 0.2) is 24.3 Å². The average Bonchev–Trinajstić information content (AvgIpc) is 3.07. The highest BCUT2D eigenvalue weighted by molar-refractivity contribution is 5.76. The second kappa shape index (κ2) is 39.3. The molecule has 3 N–H and O–H groups in total. The maximum absolute atomic E-state index is 12.4. The van der Waals surface area contributed by atoms with Gasteiger partial charge in [-0.1, -0.05) is 199 Å². The van der Waals surface area contributed by atoms with E-state index >= 15 is 0 Å². The zero-order valence-electron chi connectivity index (χ0n) is 31.8. The standard InChI is InChI=1S/C43H83NO3/c1-3-5-7-9-11-13-15-17-19-21-22-23-25-27-29-31-33-35-37-39-43(47)44-41(40-45)42(46)38-36-34-32-30-28-26-24-20-18-16-14-12-10-8-6-4-2/h17,19,36,38,41-42,45-46H,3-16,18,20-35,37,39-40H2,1-2H3,(H,44,47)/b19-17+,38-36+/t41-,42+/m0/s1. The van der Waals surface area contributed by atoms with E-state index in [-0.39, 0.29) is 12.5 Å². The van der Waals surface area contributed by atoms with Crippen molar-refractivity contribution < 1.29 is 15.0 Å². The molecule has 0 aliphatic rings. The highest BCUT2D eigenvalue weighted by Crippen LogP contribution is 2.15. The summed E-state index contributed by atoms with van der Waals surface area (Å²) in [6.07, 6.45) is 49.9. The Balaban J connectivity index is 3.57. The monoisotopic (exact) mass is 662 g/mol. The Hall–Kier alpha value is -1.13. The number of hydrogen-bond acceptors (Lipinski definition) is 3. The maximum Gasteiger partial charge on any atom is 0.220 e. The summed E-state index contributed by atoms with van der Waals surface area (Å²) >= 11 is 0. The van der Waals surface area contributed by atoms with Crippen LogP contribution in [0.25, 0.3) is 0 Å². The molecule has 278 valence electrons. The smallest absolute Gasteiger partial charge is 0.220 e. The summed E-state index contributed by atoms with van der Waals surface area (Å²) in [5.41, 5.74) is 0. The van der Waals surface area contributed by atoms with Crippen LogP contribution < -0.4 is 5.32 Å². The topological polar surface area (TPSA) is 69.6 Å². The molecule has 47 heavy (non-hydrogen) atoms. The highest BCUT2D eigenvalue weighted by atomic mass is 16.3. The van der Waals surface area contributed by atoms with Gasteiger partial charge in [-0.15, -0.1) is 0 Å². The second-order valence-corrected chi connectivity index (χ2v) is 14.4. The SMILES string of the molecule is CCCCCCCC/C=C/CCCCCCCCCCCC(=O)N[C@@H](CO)[C@H](O)/C=C/CCCCCCCCCCCCCCCC. The summed E-state index contributed by atoms with van der Waals surface area (Å²) < 4.78 is 0. The van der Waals surface area contributed by atoms with E-state index in [0.29, 0.717) is 6.42 Å². The average molecular weight is 662 g/mol. The predicted molar refractivity (Wildman–Crippen MR) is 207 cm³/mol. The number of aliphatic hydroxyl groups is 2. The van der Waals surface area contributed by atoms with Crippen molar-refractivity contribution in [3.63, 3.8) is 0 Å². The zero-order chi connectivity index (χ0) is 34.3. The molecule has 0 rings (SSSR count). The largest absolute Gasteiger partial charge is 0.394 e. The number of hydrogen-bond donors (Lipinski definition) is 3. The van der Waals surface area contributed by atoms with Gasteiger partial charge in [-0.25, -0.2) is 0 Å². The number of aliphatic hydroxyl groups excluding tert-OH is 2. The van der Waals surface area contributed by atoms with Gasteiger partial charge in [0.15, 0.2) is 0 Å². The molecule has 0 saturated carbocycles. The minimum absolute atomic E-state index is 0.0653. The molecule has 0 fully saturated rings. The normalized spacial score (nSPS) is 13.2. The molecule has 0 aromatic heterocycles. The van der Waals surface area contributed by atoms with Gasteiger partial charge in [-0.05, 0) is 44.9 Å². The van der Waals surface area contributed by atoms with Gasteiger partial charge in [-0.3, -0.25) is 4.79 Å². The third-order valence-corrected chi connectivity index (χ3v) is 9.68. The van der Waals surface area contributed by atoms with Gasteiger partial charge in [0.2, 0.25) is 5.91 Å². The summed E-state index contributed by atoms with van der Waals surface area (Å²) in [5, 5.41) is 23.0. The van der Waals surface area contributed by atoms with E-state index in [4.69, 9.17) is 0 Å². The quantitative estimate of drug-likeness (QED) is 0.0455. The lowest BCUT2D eigenvalue weighted by Crippen LogP contribution is -2.45. The van der Waals surface area contributed by atoms with Crippen LogP contribution in [0.1, 0.15) is 226 Å². The number of allylic oxidation sites excluding steroid dienone is 3. The van der Waals surface area contributed by atoms with Crippen molar-refractivity contribution >= 4 is 5.91 Å². The second-order valence-electron chi connectivity index (χ2n) is 14.4. The highest BCUT2D eigenvalue weighted by Gasteiger charge is 2.17. The van der Waals surface area contributed by atoms with Crippen molar-refractivity contribution in [3.8, 4) is 0 Å². The summed E-state index contributed by atoms with van der Waals surface area (Å²) in [7, 11) is 0. The Morgan fingerprint density at radius 2 is 0.809 bits per heavy atom. The Kier molecular flexibility index (Phi) is 38.4. The molecule has 0 unspecified atom stereocenters. The molecule has 0 spiro atoms. The predicted octanol–water partition coefficient (Wildman–Crippen LogP) is 12.8. The number of carbonyl (C=O) groups is 1. The number of carbonyl (C=O) groups excluding carboxylic acids is 1. The van der Waals surface area contributed by atoms with Crippen LogP contribution in [-0.2, 0) is 4.79 Å². The summed E-state index contributed by atoms with van der Waals surface area (Å²) in [6, 6.07) is -0.620. The molecular weight excluding hydrogens is 578 g/mol. The minimum atomic E-state index is -0.836. The first-order chi connectivity index (χ1) is 23.2. The van der Waals surface area contributed by atoms with Gasteiger partial charge < -0.3 is 15.5 Å². The van der Waals surface area contributed by atoms with Gasteiger partial charge in [0.05, 0.1) is 18.8 Å². The van der Waals surface area contributed by atoms with Crippen LogP contribution in [-0.4, -0.2) is 34.9 Å². The molecule has 0 bridgehead atoms. The van der Waals surface area contributed by atoms with Gasteiger partial charge >= 0.3 is 0 Å². The minimum Gasteiger partial charge on any atom is -0.394 e. The molecular formula is C43H83NO3. The fraction of sp³-hybridized carbons (Fsp3) is 0.884. The first kappa shape index (κ1) is 45.9.